The second-order valence-corrected chi connectivity index (χ2v) is 4.99. The zero-order valence-electron chi connectivity index (χ0n) is 9.62. The zero-order chi connectivity index (χ0) is 11.3. The van der Waals surface area contributed by atoms with E-state index in [4.69, 9.17) is 0 Å². The molecule has 5 heteroatoms. The second kappa shape index (κ2) is 6.00. The van der Waals surface area contributed by atoms with E-state index in [0.717, 1.165) is 10.9 Å². The van der Waals surface area contributed by atoms with Crippen LogP contribution in [0.25, 0.3) is 0 Å². The number of hydrogen-bond donors (Lipinski definition) is 1. The molecule has 1 aliphatic heterocycles. The van der Waals surface area contributed by atoms with Gasteiger partial charge in [0.2, 0.25) is 5.91 Å². The number of amidine groups is 1. The molecule has 86 valence electrons. The van der Waals surface area contributed by atoms with Gasteiger partial charge in [-0.2, -0.15) is 0 Å². The molecule has 15 heavy (non-hydrogen) atoms. The average molecular weight is 229 g/mol. The molecule has 1 amide bonds. The Morgan fingerprint density at radius 1 is 1.67 bits per heavy atom. The number of nitrogens with zero attached hydrogens (tertiary/aromatic N) is 2. The van der Waals surface area contributed by atoms with Crippen molar-refractivity contribution in [3.63, 3.8) is 0 Å². The summed E-state index contributed by atoms with van der Waals surface area (Å²) in [6.07, 6.45) is 1.67. The lowest BCUT2D eigenvalue weighted by molar-refractivity contribution is -0.128. The minimum Gasteiger partial charge on any atom is -0.362 e. The molecule has 0 radical (unpaired) electrons. The molecule has 0 aliphatic carbocycles. The monoisotopic (exact) mass is 229 g/mol. The first-order valence-electron chi connectivity index (χ1n) is 5.23. The first-order chi connectivity index (χ1) is 7.09. The highest BCUT2D eigenvalue weighted by Gasteiger charge is 2.12. The van der Waals surface area contributed by atoms with Gasteiger partial charge in [0.1, 0.15) is 0 Å². The van der Waals surface area contributed by atoms with Crippen molar-refractivity contribution in [1.29, 1.82) is 0 Å². The Kier molecular flexibility index (Phi) is 4.94. The van der Waals surface area contributed by atoms with Gasteiger partial charge in [0.15, 0.2) is 5.17 Å². The van der Waals surface area contributed by atoms with Crippen molar-refractivity contribution in [1.82, 2.24) is 10.2 Å². The molecule has 1 aliphatic rings. The van der Waals surface area contributed by atoms with Crippen LogP contribution in [-0.4, -0.2) is 48.4 Å². The summed E-state index contributed by atoms with van der Waals surface area (Å²) in [6, 6.07) is 0.509. The van der Waals surface area contributed by atoms with Crippen molar-refractivity contribution < 1.29 is 4.79 Å². The molecule has 0 aromatic heterocycles. The fourth-order valence-corrected chi connectivity index (χ4v) is 2.36. The first-order valence-corrected chi connectivity index (χ1v) is 6.22. The molecular weight excluding hydrogens is 210 g/mol. The molecule has 4 nitrogen and oxygen atoms in total. The van der Waals surface area contributed by atoms with Crippen LogP contribution < -0.4 is 5.32 Å². The van der Waals surface area contributed by atoms with Gasteiger partial charge in [0.25, 0.3) is 0 Å². The number of thioether (sulfide) groups is 1. The van der Waals surface area contributed by atoms with Gasteiger partial charge in [-0.3, -0.25) is 9.79 Å². The normalized spacial score (nSPS) is 23.7. The SMILES string of the molecule is CC1CCSC(=NCCC(=O)N(C)C)N1. The number of aliphatic imine (C=N–C) groups is 1. The Labute approximate surface area is 95.5 Å². The van der Waals surface area contributed by atoms with E-state index in [0.29, 0.717) is 19.0 Å². The molecule has 0 aromatic carbocycles. The van der Waals surface area contributed by atoms with Gasteiger partial charge in [-0.15, -0.1) is 0 Å². The molecule has 1 unspecified atom stereocenters. The van der Waals surface area contributed by atoms with E-state index in [-0.39, 0.29) is 5.91 Å². The maximum absolute atomic E-state index is 11.3. The number of amides is 1. The summed E-state index contributed by atoms with van der Waals surface area (Å²) in [5, 5.41) is 4.29. The number of carbonyl (C=O) groups is 1. The first kappa shape index (κ1) is 12.4. The van der Waals surface area contributed by atoms with Crippen LogP contribution in [0.3, 0.4) is 0 Å². The summed E-state index contributed by atoms with van der Waals surface area (Å²) in [7, 11) is 3.54. The summed E-state index contributed by atoms with van der Waals surface area (Å²) in [4.78, 5) is 17.3. The predicted molar refractivity (Wildman–Crippen MR) is 65.3 cm³/mol. The molecule has 0 bridgehead atoms. The third-order valence-corrected chi connectivity index (χ3v) is 3.20. The zero-order valence-corrected chi connectivity index (χ0v) is 10.4. The van der Waals surface area contributed by atoms with E-state index < -0.39 is 0 Å². The van der Waals surface area contributed by atoms with Gasteiger partial charge in [0, 0.05) is 32.3 Å². The third kappa shape index (κ3) is 4.55. The molecule has 1 N–H and O–H groups in total. The summed E-state index contributed by atoms with van der Waals surface area (Å²) in [5.74, 6) is 1.25. The highest BCUT2D eigenvalue weighted by Crippen LogP contribution is 2.13. The van der Waals surface area contributed by atoms with Crippen LogP contribution in [0.5, 0.6) is 0 Å². The van der Waals surface area contributed by atoms with Gasteiger partial charge in [-0.1, -0.05) is 11.8 Å². The molecule has 0 spiro atoms. The molecule has 1 atom stereocenters. The van der Waals surface area contributed by atoms with E-state index >= 15 is 0 Å². The van der Waals surface area contributed by atoms with Crippen molar-refractivity contribution in [2.75, 3.05) is 26.4 Å². The van der Waals surface area contributed by atoms with Crippen LogP contribution >= 0.6 is 11.8 Å². The topological polar surface area (TPSA) is 44.7 Å². The lowest BCUT2D eigenvalue weighted by atomic mass is 10.3. The van der Waals surface area contributed by atoms with E-state index in [2.05, 4.69) is 17.2 Å². The lowest BCUT2D eigenvalue weighted by Gasteiger charge is -2.21. The fraction of sp³-hybridized carbons (Fsp3) is 0.800. The van der Waals surface area contributed by atoms with Crippen molar-refractivity contribution in [3.05, 3.63) is 0 Å². The van der Waals surface area contributed by atoms with Crippen LogP contribution in [0.4, 0.5) is 0 Å². The standard InChI is InChI=1S/C10H19N3OS/c1-8-5-7-15-10(12-8)11-6-4-9(14)13(2)3/h8H,4-7H2,1-3H3,(H,11,12). The molecule has 0 aromatic rings. The maximum Gasteiger partial charge on any atom is 0.223 e. The Morgan fingerprint density at radius 2 is 2.40 bits per heavy atom. The largest absolute Gasteiger partial charge is 0.362 e. The van der Waals surface area contributed by atoms with Crippen LogP contribution in [0.2, 0.25) is 0 Å². The number of nitrogens with one attached hydrogen (secondary N) is 1. The molecule has 0 saturated carbocycles. The number of rotatable bonds is 3. The quantitative estimate of drug-likeness (QED) is 0.783. The Bertz CT molecular complexity index is 253. The van der Waals surface area contributed by atoms with E-state index in [9.17, 15) is 4.79 Å². The minimum atomic E-state index is 0.133. The summed E-state index contributed by atoms with van der Waals surface area (Å²) < 4.78 is 0. The Morgan fingerprint density at radius 3 is 3.00 bits per heavy atom. The van der Waals surface area contributed by atoms with Gasteiger partial charge in [-0.25, -0.2) is 0 Å². The average Bonchev–Trinajstić information content (AvgIpc) is 2.17. The molecule has 1 fully saturated rings. The van der Waals surface area contributed by atoms with Crippen LogP contribution in [0, 0.1) is 0 Å². The number of hydrogen-bond acceptors (Lipinski definition) is 3. The molecule has 1 heterocycles. The van der Waals surface area contributed by atoms with E-state index in [1.54, 1.807) is 30.8 Å². The summed E-state index contributed by atoms with van der Waals surface area (Å²) in [6.45, 7) is 2.74. The van der Waals surface area contributed by atoms with Crippen molar-refractivity contribution >= 4 is 22.8 Å². The van der Waals surface area contributed by atoms with Crippen molar-refractivity contribution in [3.8, 4) is 0 Å². The van der Waals surface area contributed by atoms with Crippen LogP contribution in [0.1, 0.15) is 19.8 Å². The van der Waals surface area contributed by atoms with Gasteiger partial charge in [0.05, 0.1) is 6.54 Å². The van der Waals surface area contributed by atoms with Crippen molar-refractivity contribution in [2.45, 2.75) is 25.8 Å². The predicted octanol–water partition coefficient (Wildman–Crippen LogP) is 0.936. The highest BCUT2D eigenvalue weighted by atomic mass is 32.2. The van der Waals surface area contributed by atoms with Crippen LogP contribution in [0.15, 0.2) is 4.99 Å². The van der Waals surface area contributed by atoms with Crippen molar-refractivity contribution in [2.24, 2.45) is 4.99 Å². The number of carbonyl (C=O) groups excluding carboxylic acids is 1. The van der Waals surface area contributed by atoms with E-state index in [1.807, 2.05) is 0 Å². The van der Waals surface area contributed by atoms with Gasteiger partial charge >= 0.3 is 0 Å². The van der Waals surface area contributed by atoms with E-state index in [1.165, 1.54) is 6.42 Å². The Hall–Kier alpha value is -0.710. The Balaban J connectivity index is 2.28. The fourth-order valence-electron chi connectivity index (χ4n) is 1.22. The summed E-state index contributed by atoms with van der Waals surface area (Å²) in [5.41, 5.74) is 0. The smallest absolute Gasteiger partial charge is 0.223 e. The molecule has 1 saturated heterocycles. The van der Waals surface area contributed by atoms with Gasteiger partial charge < -0.3 is 10.2 Å². The molecular formula is C10H19N3OS. The van der Waals surface area contributed by atoms with Gasteiger partial charge in [-0.05, 0) is 13.3 Å². The maximum atomic E-state index is 11.3. The second-order valence-electron chi connectivity index (χ2n) is 3.91. The molecule has 1 rings (SSSR count). The summed E-state index contributed by atoms with van der Waals surface area (Å²) >= 11 is 1.74. The highest BCUT2D eigenvalue weighted by molar-refractivity contribution is 8.13. The third-order valence-electron chi connectivity index (χ3n) is 2.24. The van der Waals surface area contributed by atoms with Crippen LogP contribution in [-0.2, 0) is 4.79 Å². The lowest BCUT2D eigenvalue weighted by Crippen LogP contribution is -2.35. The minimum absolute atomic E-state index is 0.133.